The standard InChI is InChI=1S/C25H41O3/c1-3-5-7-8-9-10-11-12-13-14-15-16-22-27-28-25(26)24-20-18-23(19-21-24)17-6-4-2/h18-21H,1,3-17,22H2,2H3. The molecule has 0 aliphatic rings. The summed E-state index contributed by atoms with van der Waals surface area (Å²) in [7, 11) is 0. The summed E-state index contributed by atoms with van der Waals surface area (Å²) in [6.07, 6.45) is 18.5. The molecular weight excluding hydrogens is 348 g/mol. The predicted octanol–water partition coefficient (Wildman–Crippen LogP) is 7.63. The molecule has 0 aliphatic heterocycles. The van der Waals surface area contributed by atoms with Gasteiger partial charge < -0.3 is 0 Å². The fourth-order valence-corrected chi connectivity index (χ4v) is 3.26. The van der Waals surface area contributed by atoms with Crippen LogP contribution in [0, 0.1) is 6.92 Å². The first-order valence-electron chi connectivity index (χ1n) is 11.5. The summed E-state index contributed by atoms with van der Waals surface area (Å²) in [5.74, 6) is -0.405. The van der Waals surface area contributed by atoms with E-state index < -0.39 is 5.97 Å². The average molecular weight is 390 g/mol. The van der Waals surface area contributed by atoms with Crippen molar-refractivity contribution in [1.29, 1.82) is 0 Å². The van der Waals surface area contributed by atoms with Gasteiger partial charge in [0, 0.05) is 0 Å². The minimum absolute atomic E-state index is 0.405. The number of aryl methyl sites for hydroxylation is 1. The third kappa shape index (κ3) is 12.9. The highest BCUT2D eigenvalue weighted by atomic mass is 17.2. The van der Waals surface area contributed by atoms with Crippen molar-refractivity contribution in [3.63, 3.8) is 0 Å². The normalized spacial score (nSPS) is 10.9. The molecule has 0 fully saturated rings. The number of carbonyl (C=O) groups is 1. The quantitative estimate of drug-likeness (QED) is 0.147. The van der Waals surface area contributed by atoms with Gasteiger partial charge in [-0.05, 0) is 37.0 Å². The number of unbranched alkanes of at least 4 members (excludes halogenated alkanes) is 12. The van der Waals surface area contributed by atoms with Crippen LogP contribution in [0.5, 0.6) is 0 Å². The minimum atomic E-state index is -0.405. The van der Waals surface area contributed by atoms with E-state index in [4.69, 9.17) is 9.78 Å². The Morgan fingerprint density at radius 2 is 1.32 bits per heavy atom. The summed E-state index contributed by atoms with van der Waals surface area (Å²) in [6.45, 7) is 6.54. The highest BCUT2D eigenvalue weighted by Gasteiger charge is 2.08. The van der Waals surface area contributed by atoms with Crippen LogP contribution in [0.3, 0.4) is 0 Å². The minimum Gasteiger partial charge on any atom is -0.293 e. The van der Waals surface area contributed by atoms with Crippen LogP contribution >= 0.6 is 0 Å². The molecule has 0 spiro atoms. The number of hydrogen-bond acceptors (Lipinski definition) is 3. The molecule has 0 saturated carbocycles. The van der Waals surface area contributed by atoms with Crippen molar-refractivity contribution >= 4 is 5.97 Å². The van der Waals surface area contributed by atoms with Gasteiger partial charge in [0.05, 0.1) is 12.2 Å². The molecule has 0 aromatic heterocycles. The molecule has 0 atom stereocenters. The summed E-state index contributed by atoms with van der Waals surface area (Å²) in [5, 5.41) is 0. The lowest BCUT2D eigenvalue weighted by atomic mass is 10.1. The zero-order valence-corrected chi connectivity index (χ0v) is 18.1. The van der Waals surface area contributed by atoms with Crippen LogP contribution in [-0.4, -0.2) is 12.6 Å². The van der Waals surface area contributed by atoms with E-state index in [1.165, 1.54) is 76.2 Å². The van der Waals surface area contributed by atoms with Crippen LogP contribution < -0.4 is 0 Å². The summed E-state index contributed by atoms with van der Waals surface area (Å²) in [4.78, 5) is 21.9. The van der Waals surface area contributed by atoms with Gasteiger partial charge in [-0.25, -0.2) is 4.79 Å². The van der Waals surface area contributed by atoms with Crippen molar-refractivity contribution < 1.29 is 14.6 Å². The Balaban J connectivity index is 1.92. The van der Waals surface area contributed by atoms with E-state index in [-0.39, 0.29) is 0 Å². The third-order valence-corrected chi connectivity index (χ3v) is 5.12. The van der Waals surface area contributed by atoms with Crippen molar-refractivity contribution in [2.45, 2.75) is 103 Å². The van der Waals surface area contributed by atoms with Gasteiger partial charge in [-0.1, -0.05) is 103 Å². The Bertz CT molecular complexity index is 481. The lowest BCUT2D eigenvalue weighted by Crippen LogP contribution is -2.07. The second kappa shape index (κ2) is 17.7. The van der Waals surface area contributed by atoms with Gasteiger partial charge in [0.25, 0.3) is 0 Å². The van der Waals surface area contributed by atoms with Gasteiger partial charge in [-0.15, -0.1) is 0 Å². The molecule has 0 bridgehead atoms. The van der Waals surface area contributed by atoms with Crippen LogP contribution in [0.25, 0.3) is 0 Å². The fourth-order valence-electron chi connectivity index (χ4n) is 3.26. The zero-order chi connectivity index (χ0) is 20.3. The molecule has 0 unspecified atom stereocenters. The van der Waals surface area contributed by atoms with E-state index in [0.29, 0.717) is 12.2 Å². The van der Waals surface area contributed by atoms with E-state index in [2.05, 4.69) is 13.8 Å². The largest absolute Gasteiger partial charge is 0.373 e. The van der Waals surface area contributed by atoms with E-state index in [0.717, 1.165) is 25.7 Å². The molecule has 3 nitrogen and oxygen atoms in total. The number of hydrogen-bond donors (Lipinski definition) is 0. The van der Waals surface area contributed by atoms with E-state index in [9.17, 15) is 4.79 Å². The Morgan fingerprint density at radius 1 is 0.786 bits per heavy atom. The van der Waals surface area contributed by atoms with Gasteiger partial charge in [-0.2, -0.15) is 4.89 Å². The van der Waals surface area contributed by atoms with Crippen LogP contribution in [0.15, 0.2) is 24.3 Å². The van der Waals surface area contributed by atoms with Gasteiger partial charge >= 0.3 is 5.97 Å². The number of benzene rings is 1. The first-order valence-corrected chi connectivity index (χ1v) is 11.5. The maximum atomic E-state index is 11.9. The van der Waals surface area contributed by atoms with E-state index in [1.807, 2.05) is 24.3 Å². The van der Waals surface area contributed by atoms with Crippen LogP contribution in [0.4, 0.5) is 0 Å². The lowest BCUT2D eigenvalue weighted by Gasteiger charge is -2.05. The molecule has 1 aromatic rings. The lowest BCUT2D eigenvalue weighted by molar-refractivity contribution is -0.241. The molecule has 1 rings (SSSR count). The van der Waals surface area contributed by atoms with Crippen molar-refractivity contribution in [3.8, 4) is 0 Å². The Hall–Kier alpha value is -1.35. The van der Waals surface area contributed by atoms with E-state index in [1.54, 1.807) is 0 Å². The second-order valence-corrected chi connectivity index (χ2v) is 7.74. The topological polar surface area (TPSA) is 35.5 Å². The maximum absolute atomic E-state index is 11.9. The fraction of sp³-hybridized carbons (Fsp3) is 0.680. The van der Waals surface area contributed by atoms with Gasteiger partial charge in [-0.3, -0.25) is 4.89 Å². The van der Waals surface area contributed by atoms with Crippen molar-refractivity contribution in [2.75, 3.05) is 6.61 Å². The van der Waals surface area contributed by atoms with Crippen LogP contribution in [0.1, 0.15) is 113 Å². The van der Waals surface area contributed by atoms with E-state index >= 15 is 0 Å². The predicted molar refractivity (Wildman–Crippen MR) is 117 cm³/mol. The molecule has 0 amide bonds. The maximum Gasteiger partial charge on any atom is 0.373 e. The molecule has 159 valence electrons. The van der Waals surface area contributed by atoms with Crippen molar-refractivity contribution in [2.24, 2.45) is 0 Å². The SMILES string of the molecule is [CH2]CCCCCCCCCCCCCOOC(=O)c1ccc(CCCC)cc1. The molecular formula is C25H41O3. The summed E-state index contributed by atoms with van der Waals surface area (Å²) < 4.78 is 0. The summed E-state index contributed by atoms with van der Waals surface area (Å²) in [6, 6.07) is 7.62. The van der Waals surface area contributed by atoms with Gasteiger partial charge in [0.1, 0.15) is 0 Å². The molecule has 28 heavy (non-hydrogen) atoms. The first kappa shape index (κ1) is 24.7. The van der Waals surface area contributed by atoms with Gasteiger partial charge in [0.2, 0.25) is 0 Å². The molecule has 3 heteroatoms. The second-order valence-electron chi connectivity index (χ2n) is 7.74. The van der Waals surface area contributed by atoms with Gasteiger partial charge in [0.15, 0.2) is 0 Å². The molecule has 0 heterocycles. The summed E-state index contributed by atoms with van der Waals surface area (Å²) in [5.41, 5.74) is 1.81. The van der Waals surface area contributed by atoms with Crippen LogP contribution in [0.2, 0.25) is 0 Å². The molecule has 0 aliphatic carbocycles. The molecule has 0 N–H and O–H groups in total. The monoisotopic (exact) mass is 389 g/mol. The molecule has 1 radical (unpaired) electrons. The highest BCUT2D eigenvalue weighted by Crippen LogP contribution is 2.12. The van der Waals surface area contributed by atoms with Crippen molar-refractivity contribution in [1.82, 2.24) is 0 Å². The third-order valence-electron chi connectivity index (χ3n) is 5.12. The number of rotatable bonds is 18. The average Bonchev–Trinajstić information content (AvgIpc) is 2.72. The zero-order valence-electron chi connectivity index (χ0n) is 18.1. The molecule has 1 aromatic carbocycles. The van der Waals surface area contributed by atoms with Crippen LogP contribution in [-0.2, 0) is 16.2 Å². The molecule has 0 saturated heterocycles. The van der Waals surface area contributed by atoms with Crippen molar-refractivity contribution in [3.05, 3.63) is 42.3 Å². The Morgan fingerprint density at radius 3 is 1.86 bits per heavy atom. The Kier molecular flexibility index (Phi) is 15.6. The first-order chi connectivity index (χ1) is 13.8. The summed E-state index contributed by atoms with van der Waals surface area (Å²) >= 11 is 0. The smallest absolute Gasteiger partial charge is 0.293 e. The Labute approximate surface area is 173 Å². The number of carbonyl (C=O) groups excluding carboxylic acids is 1. The highest BCUT2D eigenvalue weighted by molar-refractivity contribution is 5.88.